The number of hydrogen-bond acceptors (Lipinski definition) is 7. The number of allylic oxidation sites excluding steroid dienone is 2. The van der Waals surface area contributed by atoms with Gasteiger partial charge in [0.15, 0.2) is 0 Å². The van der Waals surface area contributed by atoms with Crippen LogP contribution in [0, 0.1) is 6.92 Å². The Morgan fingerprint density at radius 2 is 2.06 bits per heavy atom. The van der Waals surface area contributed by atoms with Crippen LogP contribution in [0.1, 0.15) is 11.4 Å². The van der Waals surface area contributed by atoms with Crippen LogP contribution in [0.5, 0.6) is 5.75 Å². The number of imidazole rings is 1. The Kier molecular flexibility index (Phi) is 6.57. The largest absolute Gasteiger partial charge is 0.494 e. The summed E-state index contributed by atoms with van der Waals surface area (Å²) in [6.07, 6.45) is 3.47. The van der Waals surface area contributed by atoms with Crippen LogP contribution in [0.2, 0.25) is 0 Å². The molecule has 0 radical (unpaired) electrons. The summed E-state index contributed by atoms with van der Waals surface area (Å²) >= 11 is 0. The predicted octanol–water partition coefficient (Wildman–Crippen LogP) is 3.76. The molecule has 1 aromatic carbocycles. The number of nitrogens with zero attached hydrogens (tertiary/aromatic N) is 5. The average molecular weight is 443 g/mol. The molecule has 0 fully saturated rings. The SMILES string of the molecule is C=C(N=C(/C=C(\N)C(F)(F)F)c1cnccn1)Nc1ccc(-n2cnc(C)c2)c(OC)c1. The van der Waals surface area contributed by atoms with Gasteiger partial charge in [0.25, 0.3) is 0 Å². The van der Waals surface area contributed by atoms with E-state index in [1.165, 1.54) is 25.7 Å². The van der Waals surface area contributed by atoms with Crippen molar-refractivity contribution in [2.75, 3.05) is 12.4 Å². The summed E-state index contributed by atoms with van der Waals surface area (Å²) < 4.78 is 46.0. The van der Waals surface area contributed by atoms with Crippen molar-refractivity contribution in [2.24, 2.45) is 10.7 Å². The van der Waals surface area contributed by atoms with Crippen molar-refractivity contribution in [3.05, 3.63) is 84.9 Å². The van der Waals surface area contributed by atoms with E-state index in [-0.39, 0.29) is 17.2 Å². The van der Waals surface area contributed by atoms with Gasteiger partial charge >= 0.3 is 6.18 Å². The van der Waals surface area contributed by atoms with E-state index in [1.807, 2.05) is 17.7 Å². The molecule has 3 rings (SSSR count). The summed E-state index contributed by atoms with van der Waals surface area (Å²) in [6.45, 7) is 5.64. The van der Waals surface area contributed by atoms with E-state index in [9.17, 15) is 13.2 Å². The number of ether oxygens (including phenoxy) is 1. The first-order valence-electron chi connectivity index (χ1n) is 9.21. The molecule has 0 aliphatic carbocycles. The maximum Gasteiger partial charge on any atom is 0.430 e. The lowest BCUT2D eigenvalue weighted by molar-refractivity contribution is -0.0925. The van der Waals surface area contributed by atoms with Gasteiger partial charge in [0.1, 0.15) is 23.0 Å². The van der Waals surface area contributed by atoms with E-state index >= 15 is 0 Å². The van der Waals surface area contributed by atoms with Crippen LogP contribution in [-0.4, -0.2) is 38.5 Å². The minimum absolute atomic E-state index is 0.0603. The number of methoxy groups -OCH3 is 1. The first-order chi connectivity index (χ1) is 15.2. The van der Waals surface area contributed by atoms with Gasteiger partial charge in [-0.15, -0.1) is 0 Å². The summed E-state index contributed by atoms with van der Waals surface area (Å²) in [5, 5.41) is 2.93. The molecule has 32 heavy (non-hydrogen) atoms. The van der Waals surface area contributed by atoms with Crippen LogP contribution in [0.3, 0.4) is 0 Å². The van der Waals surface area contributed by atoms with Gasteiger partial charge in [0, 0.05) is 30.3 Å². The molecular formula is C21H20F3N7O. The standard InChI is InChI=1S/C21H20F3N7O/c1-13-11-31(12-28-13)18-5-4-15(8-19(18)32-3)29-14(2)30-16(9-20(25)21(22,23)24)17-10-26-6-7-27-17/h4-12,29H,2,25H2,1,3H3/b20-9-,30-16?. The Labute approximate surface area is 182 Å². The molecule has 0 unspecified atom stereocenters. The van der Waals surface area contributed by atoms with E-state index in [0.29, 0.717) is 17.5 Å². The molecule has 11 heteroatoms. The second-order valence-electron chi connectivity index (χ2n) is 6.57. The molecule has 0 aliphatic heterocycles. The maximum atomic E-state index is 12.9. The summed E-state index contributed by atoms with van der Waals surface area (Å²) in [4.78, 5) is 16.2. The highest BCUT2D eigenvalue weighted by Crippen LogP contribution is 2.28. The number of benzene rings is 1. The Balaban J connectivity index is 1.89. The molecule has 2 aromatic heterocycles. The number of alkyl halides is 3. The second kappa shape index (κ2) is 9.33. The number of halogens is 3. The minimum atomic E-state index is -4.72. The van der Waals surface area contributed by atoms with Gasteiger partial charge in [-0.05, 0) is 25.1 Å². The van der Waals surface area contributed by atoms with Crippen LogP contribution in [0.4, 0.5) is 18.9 Å². The lowest BCUT2D eigenvalue weighted by Crippen LogP contribution is -2.21. The quantitative estimate of drug-likeness (QED) is 0.539. The fourth-order valence-electron chi connectivity index (χ4n) is 2.69. The third kappa shape index (κ3) is 5.50. The maximum absolute atomic E-state index is 12.9. The van der Waals surface area contributed by atoms with Crippen LogP contribution >= 0.6 is 0 Å². The second-order valence-corrected chi connectivity index (χ2v) is 6.57. The van der Waals surface area contributed by atoms with Gasteiger partial charge in [-0.25, -0.2) is 9.98 Å². The Hall–Kier alpha value is -4.15. The summed E-state index contributed by atoms with van der Waals surface area (Å²) in [7, 11) is 1.52. The predicted molar refractivity (Wildman–Crippen MR) is 115 cm³/mol. The number of anilines is 1. The first-order valence-corrected chi connectivity index (χ1v) is 9.21. The molecule has 0 amide bonds. The number of aryl methyl sites for hydroxylation is 1. The normalized spacial score (nSPS) is 12.5. The van der Waals surface area contributed by atoms with Gasteiger partial charge < -0.3 is 20.4 Å². The summed E-state index contributed by atoms with van der Waals surface area (Å²) in [5.74, 6) is 0.602. The van der Waals surface area contributed by atoms with E-state index < -0.39 is 11.9 Å². The molecule has 0 bridgehead atoms. The molecule has 3 aromatic rings. The lowest BCUT2D eigenvalue weighted by Gasteiger charge is -2.13. The fraction of sp³-hybridized carbons (Fsp3) is 0.143. The zero-order chi connectivity index (χ0) is 23.3. The smallest absolute Gasteiger partial charge is 0.430 e. The third-order valence-corrected chi connectivity index (χ3v) is 4.16. The summed E-state index contributed by atoms with van der Waals surface area (Å²) in [5.41, 5.74) is 5.95. The van der Waals surface area contributed by atoms with E-state index in [2.05, 4.69) is 31.8 Å². The van der Waals surface area contributed by atoms with Crippen LogP contribution in [0.15, 0.2) is 78.5 Å². The van der Waals surface area contributed by atoms with E-state index in [1.54, 1.807) is 24.5 Å². The number of rotatable bonds is 7. The molecule has 2 heterocycles. The molecule has 0 saturated carbocycles. The average Bonchev–Trinajstić information content (AvgIpc) is 3.19. The molecule has 166 valence electrons. The third-order valence-electron chi connectivity index (χ3n) is 4.16. The Bertz CT molecular complexity index is 1170. The molecule has 0 aliphatic rings. The highest BCUT2D eigenvalue weighted by atomic mass is 19.4. The molecule has 0 spiro atoms. The van der Waals surface area contributed by atoms with Gasteiger partial charge in [-0.1, -0.05) is 6.58 Å². The molecular weight excluding hydrogens is 423 g/mol. The molecule has 3 N–H and O–H groups in total. The Morgan fingerprint density at radius 3 is 2.66 bits per heavy atom. The topological polar surface area (TPSA) is 103 Å². The van der Waals surface area contributed by atoms with Gasteiger partial charge in [-0.2, -0.15) is 13.2 Å². The molecule has 0 atom stereocenters. The van der Waals surface area contributed by atoms with Crippen LogP contribution in [0.25, 0.3) is 5.69 Å². The first kappa shape index (κ1) is 22.5. The van der Waals surface area contributed by atoms with Crippen molar-refractivity contribution >= 4 is 11.4 Å². The van der Waals surface area contributed by atoms with Crippen molar-refractivity contribution in [1.82, 2.24) is 19.5 Å². The number of aliphatic imine (C=N–C) groups is 1. The zero-order valence-corrected chi connectivity index (χ0v) is 17.3. The lowest BCUT2D eigenvalue weighted by atomic mass is 10.2. The molecule has 0 saturated heterocycles. The van der Waals surface area contributed by atoms with Crippen LogP contribution in [-0.2, 0) is 0 Å². The van der Waals surface area contributed by atoms with Crippen molar-refractivity contribution in [2.45, 2.75) is 13.1 Å². The highest BCUT2D eigenvalue weighted by molar-refractivity contribution is 6.08. The van der Waals surface area contributed by atoms with E-state index in [4.69, 9.17) is 10.5 Å². The van der Waals surface area contributed by atoms with Gasteiger partial charge in [-0.3, -0.25) is 9.97 Å². The highest BCUT2D eigenvalue weighted by Gasteiger charge is 2.32. The number of nitrogens with one attached hydrogen (secondary N) is 1. The van der Waals surface area contributed by atoms with E-state index in [0.717, 1.165) is 11.4 Å². The monoisotopic (exact) mass is 443 g/mol. The van der Waals surface area contributed by atoms with Crippen LogP contribution < -0.4 is 15.8 Å². The van der Waals surface area contributed by atoms with Crippen molar-refractivity contribution in [3.63, 3.8) is 0 Å². The fourth-order valence-corrected chi connectivity index (χ4v) is 2.69. The Morgan fingerprint density at radius 1 is 1.28 bits per heavy atom. The van der Waals surface area contributed by atoms with Gasteiger partial charge in [0.2, 0.25) is 0 Å². The number of hydrogen-bond donors (Lipinski definition) is 2. The number of nitrogens with two attached hydrogens (primary N) is 1. The zero-order valence-electron chi connectivity index (χ0n) is 17.3. The number of aromatic nitrogens is 4. The molecule has 8 nitrogen and oxygen atoms in total. The van der Waals surface area contributed by atoms with Crippen molar-refractivity contribution < 1.29 is 17.9 Å². The van der Waals surface area contributed by atoms with Crippen molar-refractivity contribution in [3.8, 4) is 11.4 Å². The van der Waals surface area contributed by atoms with Crippen molar-refractivity contribution in [1.29, 1.82) is 0 Å². The van der Waals surface area contributed by atoms with Gasteiger partial charge in [0.05, 0.1) is 36.7 Å². The summed E-state index contributed by atoms with van der Waals surface area (Å²) in [6, 6.07) is 5.24. The minimum Gasteiger partial charge on any atom is -0.494 e.